The minimum Gasteiger partial charge on any atom is -0.495 e. The molecular formula is C34H39N3O6. The molecule has 9 heteroatoms. The van der Waals surface area contributed by atoms with Crippen LogP contribution in [0.5, 0.6) is 23.0 Å². The van der Waals surface area contributed by atoms with Crippen LogP contribution in [-0.4, -0.2) is 51.3 Å². The number of carbonyl (C=O) groups excluding carboxylic acids is 2. The molecule has 3 aromatic carbocycles. The van der Waals surface area contributed by atoms with Gasteiger partial charge in [0.15, 0.2) is 11.5 Å². The third-order valence-electron chi connectivity index (χ3n) is 8.09. The summed E-state index contributed by atoms with van der Waals surface area (Å²) in [7, 11) is 6.13. The Morgan fingerprint density at radius 1 is 0.860 bits per heavy atom. The van der Waals surface area contributed by atoms with Gasteiger partial charge in [-0.25, -0.2) is 0 Å². The van der Waals surface area contributed by atoms with Crippen molar-refractivity contribution in [3.63, 3.8) is 0 Å². The fourth-order valence-corrected chi connectivity index (χ4v) is 5.98. The number of aromatic amines is 1. The number of amides is 2. The molecule has 1 fully saturated rings. The molecule has 1 heterocycles. The van der Waals surface area contributed by atoms with Gasteiger partial charge >= 0.3 is 0 Å². The van der Waals surface area contributed by atoms with Crippen LogP contribution >= 0.6 is 0 Å². The summed E-state index contributed by atoms with van der Waals surface area (Å²) >= 11 is 0. The second kappa shape index (κ2) is 13.5. The molecule has 2 amide bonds. The fourth-order valence-electron chi connectivity index (χ4n) is 5.98. The number of anilines is 1. The maximum atomic E-state index is 14.6. The largest absolute Gasteiger partial charge is 0.495 e. The smallest absolute Gasteiger partial charge is 0.248 e. The van der Waals surface area contributed by atoms with Crippen LogP contribution in [0.1, 0.15) is 49.3 Å². The van der Waals surface area contributed by atoms with E-state index in [1.807, 2.05) is 42.6 Å². The first-order chi connectivity index (χ1) is 21.0. The van der Waals surface area contributed by atoms with E-state index in [1.54, 1.807) is 36.3 Å². The molecule has 4 aromatic rings. The number of rotatable bonds is 11. The lowest BCUT2D eigenvalue weighted by Crippen LogP contribution is -2.47. The molecule has 1 atom stereocenters. The average molecular weight is 586 g/mol. The van der Waals surface area contributed by atoms with E-state index in [-0.39, 0.29) is 24.3 Å². The van der Waals surface area contributed by atoms with Crippen molar-refractivity contribution >= 4 is 28.4 Å². The zero-order chi connectivity index (χ0) is 30.3. The third kappa shape index (κ3) is 6.26. The van der Waals surface area contributed by atoms with Crippen molar-refractivity contribution in [1.82, 2.24) is 10.3 Å². The molecule has 5 rings (SSSR count). The van der Waals surface area contributed by atoms with Crippen molar-refractivity contribution in [2.45, 2.75) is 50.6 Å². The number of hydrogen-bond acceptors (Lipinski definition) is 6. The van der Waals surface area contributed by atoms with Crippen LogP contribution in [-0.2, 0) is 16.0 Å². The lowest BCUT2D eigenvalue weighted by molar-refractivity contribution is -0.127. The number of fused-ring (bicyclic) bond motifs is 1. The zero-order valence-electron chi connectivity index (χ0n) is 25.1. The summed E-state index contributed by atoms with van der Waals surface area (Å²) in [4.78, 5) is 33.8. The van der Waals surface area contributed by atoms with Gasteiger partial charge in [-0.05, 0) is 54.3 Å². The molecule has 0 bridgehead atoms. The number of para-hydroxylation sites is 3. The van der Waals surface area contributed by atoms with Crippen LogP contribution in [0.2, 0.25) is 0 Å². The highest BCUT2D eigenvalue weighted by atomic mass is 16.5. The summed E-state index contributed by atoms with van der Waals surface area (Å²) in [6, 6.07) is 17.5. The minimum absolute atomic E-state index is 0.0222. The Hall–Kier alpha value is -4.66. The number of nitrogens with zero attached hydrogens (tertiary/aromatic N) is 1. The second-order valence-corrected chi connectivity index (χ2v) is 10.7. The highest BCUT2D eigenvalue weighted by Gasteiger charge is 2.37. The molecule has 226 valence electrons. The van der Waals surface area contributed by atoms with Gasteiger partial charge < -0.3 is 29.2 Å². The highest BCUT2D eigenvalue weighted by molar-refractivity contribution is 6.04. The molecule has 0 radical (unpaired) electrons. The van der Waals surface area contributed by atoms with Gasteiger partial charge in [-0.2, -0.15) is 0 Å². The molecule has 1 saturated carbocycles. The Bertz CT molecular complexity index is 1550. The van der Waals surface area contributed by atoms with Gasteiger partial charge in [-0.3, -0.25) is 14.5 Å². The van der Waals surface area contributed by atoms with Crippen molar-refractivity contribution in [2.75, 3.05) is 33.3 Å². The van der Waals surface area contributed by atoms with Crippen LogP contribution in [0.3, 0.4) is 0 Å². The Balaban J connectivity index is 1.67. The monoisotopic (exact) mass is 585 g/mol. The van der Waals surface area contributed by atoms with E-state index < -0.39 is 6.04 Å². The molecule has 0 saturated heterocycles. The van der Waals surface area contributed by atoms with E-state index in [2.05, 4.69) is 10.3 Å². The maximum Gasteiger partial charge on any atom is 0.248 e. The predicted molar refractivity (Wildman–Crippen MR) is 166 cm³/mol. The van der Waals surface area contributed by atoms with Crippen LogP contribution in [0.15, 0.2) is 66.9 Å². The Morgan fingerprint density at radius 2 is 1.51 bits per heavy atom. The number of carbonyl (C=O) groups is 2. The van der Waals surface area contributed by atoms with E-state index in [0.29, 0.717) is 34.2 Å². The lowest BCUT2D eigenvalue weighted by atomic mass is 9.94. The standard InChI is InChI=1S/C34H39N3O6/c1-40-28-17-11-10-16-27(28)37(31(38)20-23-21-35-26-15-9-8-14-25(23)26)32(34(39)36-24-12-6-5-7-13-24)22-18-29(41-2)33(43-4)30(19-22)42-3/h8-11,14-19,21,24,32,35H,5-7,12-13,20H2,1-4H3,(H,36,39). The molecule has 2 N–H and O–H groups in total. The van der Waals surface area contributed by atoms with Crippen LogP contribution in [0, 0.1) is 0 Å². The summed E-state index contributed by atoms with van der Waals surface area (Å²) in [5.74, 6) is 1.07. The van der Waals surface area contributed by atoms with Gasteiger partial charge in [0, 0.05) is 23.1 Å². The Morgan fingerprint density at radius 3 is 2.19 bits per heavy atom. The quantitative estimate of drug-likeness (QED) is 0.225. The molecule has 1 unspecified atom stereocenters. The van der Waals surface area contributed by atoms with E-state index in [4.69, 9.17) is 18.9 Å². The van der Waals surface area contributed by atoms with Crippen LogP contribution < -0.4 is 29.2 Å². The van der Waals surface area contributed by atoms with Crippen molar-refractivity contribution in [2.24, 2.45) is 0 Å². The maximum absolute atomic E-state index is 14.6. The van der Waals surface area contributed by atoms with E-state index >= 15 is 0 Å². The van der Waals surface area contributed by atoms with Gasteiger partial charge in [0.05, 0.1) is 40.5 Å². The molecule has 9 nitrogen and oxygen atoms in total. The second-order valence-electron chi connectivity index (χ2n) is 10.7. The Kier molecular flexibility index (Phi) is 9.39. The topological polar surface area (TPSA) is 102 Å². The summed E-state index contributed by atoms with van der Waals surface area (Å²) in [5.41, 5.74) is 2.76. The summed E-state index contributed by atoms with van der Waals surface area (Å²) in [5, 5.41) is 4.21. The van der Waals surface area contributed by atoms with E-state index in [1.165, 1.54) is 21.3 Å². The van der Waals surface area contributed by atoms with Gasteiger partial charge in [0.2, 0.25) is 17.6 Å². The van der Waals surface area contributed by atoms with Gasteiger partial charge in [0.1, 0.15) is 11.8 Å². The van der Waals surface area contributed by atoms with E-state index in [9.17, 15) is 9.59 Å². The first kappa shape index (κ1) is 29.8. The summed E-state index contributed by atoms with van der Waals surface area (Å²) in [6.07, 6.45) is 6.95. The summed E-state index contributed by atoms with van der Waals surface area (Å²) in [6.45, 7) is 0. The van der Waals surface area contributed by atoms with Gasteiger partial charge in [-0.15, -0.1) is 0 Å². The zero-order valence-corrected chi connectivity index (χ0v) is 25.1. The number of nitrogens with one attached hydrogen (secondary N) is 2. The SMILES string of the molecule is COc1ccccc1N(C(=O)Cc1c[nH]c2ccccc12)C(C(=O)NC1CCCCC1)c1cc(OC)c(OC)c(OC)c1. The van der Waals surface area contributed by atoms with Crippen molar-refractivity contribution in [1.29, 1.82) is 0 Å². The van der Waals surface area contributed by atoms with Crippen molar-refractivity contribution < 1.29 is 28.5 Å². The molecule has 43 heavy (non-hydrogen) atoms. The molecule has 0 aliphatic heterocycles. The number of aromatic nitrogens is 1. The minimum atomic E-state index is -1.07. The number of H-pyrrole nitrogens is 1. The van der Waals surface area contributed by atoms with Crippen molar-refractivity contribution in [3.8, 4) is 23.0 Å². The average Bonchev–Trinajstić information content (AvgIpc) is 3.45. The normalized spacial score (nSPS) is 14.1. The molecule has 1 aliphatic carbocycles. The van der Waals surface area contributed by atoms with Gasteiger partial charge in [-0.1, -0.05) is 49.6 Å². The van der Waals surface area contributed by atoms with Crippen molar-refractivity contribution in [3.05, 3.63) is 78.0 Å². The molecular weight excluding hydrogens is 546 g/mol. The first-order valence-electron chi connectivity index (χ1n) is 14.6. The van der Waals surface area contributed by atoms with Crippen LogP contribution in [0.25, 0.3) is 10.9 Å². The number of methoxy groups -OCH3 is 4. The number of benzene rings is 3. The van der Waals surface area contributed by atoms with Crippen LogP contribution in [0.4, 0.5) is 5.69 Å². The first-order valence-corrected chi connectivity index (χ1v) is 14.6. The predicted octanol–water partition coefficient (Wildman–Crippen LogP) is 5.97. The Labute approximate surface area is 252 Å². The lowest BCUT2D eigenvalue weighted by Gasteiger charge is -2.34. The number of hydrogen-bond donors (Lipinski definition) is 2. The number of ether oxygens (including phenoxy) is 4. The highest BCUT2D eigenvalue weighted by Crippen LogP contribution is 2.43. The molecule has 0 spiro atoms. The fraction of sp³-hybridized carbons (Fsp3) is 0.353. The third-order valence-corrected chi connectivity index (χ3v) is 8.09. The van der Waals surface area contributed by atoms with E-state index in [0.717, 1.165) is 48.6 Å². The molecule has 1 aliphatic rings. The summed E-state index contributed by atoms with van der Waals surface area (Å²) < 4.78 is 22.6. The van der Waals surface area contributed by atoms with Gasteiger partial charge in [0.25, 0.3) is 0 Å². The molecule has 1 aromatic heterocycles.